The van der Waals surface area contributed by atoms with Gasteiger partial charge in [-0.3, -0.25) is 0 Å². The van der Waals surface area contributed by atoms with E-state index in [-0.39, 0.29) is 0 Å². The van der Waals surface area contributed by atoms with Gasteiger partial charge in [0.1, 0.15) is 0 Å². The molecule has 0 aromatic heterocycles. The normalized spacial score (nSPS) is 9.50. The fourth-order valence-corrected chi connectivity index (χ4v) is 1.16. The van der Waals surface area contributed by atoms with Crippen LogP contribution < -0.4 is 5.32 Å². The summed E-state index contributed by atoms with van der Waals surface area (Å²) in [6, 6.07) is 7.96. The number of thiocarbonyl (C=S) groups is 1. The molecule has 0 amide bonds. The SMILES string of the molecule is CCC(=S)Nc1ccc(Br)cc1. The molecule has 1 N–H and O–H groups in total. The Labute approximate surface area is 86.3 Å². The van der Waals surface area contributed by atoms with E-state index in [1.54, 1.807) is 0 Å². The van der Waals surface area contributed by atoms with Crippen LogP contribution in [0.25, 0.3) is 0 Å². The molecule has 3 heteroatoms. The molecule has 0 saturated carbocycles. The van der Waals surface area contributed by atoms with Crippen molar-refractivity contribution in [2.45, 2.75) is 13.3 Å². The lowest BCUT2D eigenvalue weighted by atomic mass is 10.3. The summed E-state index contributed by atoms with van der Waals surface area (Å²) < 4.78 is 1.08. The maximum absolute atomic E-state index is 5.05. The average Bonchev–Trinajstić information content (AvgIpc) is 2.09. The second-order valence-corrected chi connectivity index (χ2v) is 3.82. The molecule has 0 saturated heterocycles. The van der Waals surface area contributed by atoms with Crippen molar-refractivity contribution in [3.63, 3.8) is 0 Å². The van der Waals surface area contributed by atoms with Gasteiger partial charge in [-0.25, -0.2) is 0 Å². The minimum Gasteiger partial charge on any atom is -0.350 e. The fourth-order valence-electron chi connectivity index (χ4n) is 0.783. The van der Waals surface area contributed by atoms with Gasteiger partial charge in [0.25, 0.3) is 0 Å². The number of nitrogens with one attached hydrogen (secondary N) is 1. The summed E-state index contributed by atoms with van der Waals surface area (Å²) in [5.74, 6) is 0. The van der Waals surface area contributed by atoms with Crippen LogP contribution in [0, 0.1) is 0 Å². The van der Waals surface area contributed by atoms with E-state index in [0.29, 0.717) is 0 Å². The van der Waals surface area contributed by atoms with Crippen molar-refractivity contribution >= 4 is 38.8 Å². The monoisotopic (exact) mass is 243 g/mol. The molecule has 1 aromatic carbocycles. The highest BCUT2D eigenvalue weighted by atomic mass is 79.9. The molecule has 0 radical (unpaired) electrons. The number of rotatable bonds is 2. The molecule has 64 valence electrons. The molecule has 12 heavy (non-hydrogen) atoms. The zero-order valence-corrected chi connectivity index (χ0v) is 9.21. The lowest BCUT2D eigenvalue weighted by Crippen LogP contribution is -2.06. The van der Waals surface area contributed by atoms with Crippen LogP contribution in [-0.4, -0.2) is 4.99 Å². The van der Waals surface area contributed by atoms with Gasteiger partial charge >= 0.3 is 0 Å². The van der Waals surface area contributed by atoms with Crippen LogP contribution in [-0.2, 0) is 0 Å². The summed E-state index contributed by atoms with van der Waals surface area (Å²) in [7, 11) is 0. The predicted molar refractivity (Wildman–Crippen MR) is 60.7 cm³/mol. The second-order valence-electron chi connectivity index (χ2n) is 2.41. The molecule has 0 atom stereocenters. The van der Waals surface area contributed by atoms with Crippen LogP contribution >= 0.6 is 28.1 Å². The molecule has 1 nitrogen and oxygen atoms in total. The zero-order chi connectivity index (χ0) is 8.97. The highest BCUT2D eigenvalue weighted by molar-refractivity contribution is 9.10. The average molecular weight is 244 g/mol. The summed E-state index contributed by atoms with van der Waals surface area (Å²) in [6.45, 7) is 2.04. The third-order valence-electron chi connectivity index (χ3n) is 1.45. The van der Waals surface area contributed by atoms with E-state index < -0.39 is 0 Å². The van der Waals surface area contributed by atoms with Crippen LogP contribution in [0.15, 0.2) is 28.7 Å². The Bertz CT molecular complexity index is 268. The Morgan fingerprint density at radius 3 is 2.50 bits per heavy atom. The topological polar surface area (TPSA) is 12.0 Å². The maximum Gasteiger partial charge on any atom is 0.0794 e. The molecule has 0 fully saturated rings. The predicted octanol–water partition coefficient (Wildman–Crippen LogP) is 3.60. The number of benzene rings is 1. The van der Waals surface area contributed by atoms with Crippen molar-refractivity contribution in [2.24, 2.45) is 0 Å². The Balaban J connectivity index is 2.64. The second kappa shape index (κ2) is 4.58. The Hall–Kier alpha value is -0.410. The van der Waals surface area contributed by atoms with Crippen molar-refractivity contribution in [3.05, 3.63) is 28.7 Å². The van der Waals surface area contributed by atoms with Crippen LogP contribution in [0.1, 0.15) is 13.3 Å². The van der Waals surface area contributed by atoms with Gasteiger partial charge in [0.15, 0.2) is 0 Å². The number of hydrogen-bond donors (Lipinski definition) is 1. The van der Waals surface area contributed by atoms with Crippen molar-refractivity contribution in [2.75, 3.05) is 5.32 Å². The zero-order valence-electron chi connectivity index (χ0n) is 6.80. The lowest BCUT2D eigenvalue weighted by molar-refractivity contribution is 1.31. The van der Waals surface area contributed by atoms with Gasteiger partial charge in [-0.15, -0.1) is 0 Å². The Morgan fingerprint density at radius 2 is 2.00 bits per heavy atom. The molecule has 1 aromatic rings. The standard InChI is InChI=1S/C9H10BrNS/c1-2-9(12)11-8-5-3-7(10)4-6-8/h3-6H,2H2,1H3,(H,11,12). The first-order valence-corrected chi connectivity index (χ1v) is 4.98. The summed E-state index contributed by atoms with van der Waals surface area (Å²) >= 11 is 8.42. The van der Waals surface area contributed by atoms with Gasteiger partial charge in [-0.05, 0) is 30.7 Å². The van der Waals surface area contributed by atoms with Gasteiger partial charge in [-0.1, -0.05) is 35.1 Å². The van der Waals surface area contributed by atoms with E-state index in [9.17, 15) is 0 Å². The molecule has 1 rings (SSSR count). The molecule has 0 heterocycles. The van der Waals surface area contributed by atoms with Crippen LogP contribution in [0.2, 0.25) is 0 Å². The number of hydrogen-bond acceptors (Lipinski definition) is 1. The first-order valence-electron chi connectivity index (χ1n) is 3.78. The van der Waals surface area contributed by atoms with E-state index in [2.05, 4.69) is 21.2 Å². The molecule has 0 aliphatic rings. The minimum atomic E-state index is 0.873. The van der Waals surface area contributed by atoms with Crippen molar-refractivity contribution < 1.29 is 0 Å². The molecule has 0 aliphatic carbocycles. The van der Waals surface area contributed by atoms with Crippen LogP contribution in [0.5, 0.6) is 0 Å². The van der Waals surface area contributed by atoms with E-state index in [1.807, 2.05) is 31.2 Å². The molecular formula is C9H10BrNS. The van der Waals surface area contributed by atoms with E-state index in [4.69, 9.17) is 12.2 Å². The third-order valence-corrected chi connectivity index (χ3v) is 2.37. The smallest absolute Gasteiger partial charge is 0.0794 e. The number of anilines is 1. The van der Waals surface area contributed by atoms with Gasteiger partial charge in [0.05, 0.1) is 4.99 Å². The van der Waals surface area contributed by atoms with Crippen molar-refractivity contribution in [1.29, 1.82) is 0 Å². The van der Waals surface area contributed by atoms with Gasteiger partial charge in [-0.2, -0.15) is 0 Å². The van der Waals surface area contributed by atoms with Crippen LogP contribution in [0.3, 0.4) is 0 Å². The summed E-state index contributed by atoms with van der Waals surface area (Å²) in [5.41, 5.74) is 1.05. The quantitative estimate of drug-likeness (QED) is 0.798. The first kappa shape index (κ1) is 9.68. The maximum atomic E-state index is 5.05. The van der Waals surface area contributed by atoms with E-state index in [1.165, 1.54) is 0 Å². The van der Waals surface area contributed by atoms with Crippen molar-refractivity contribution in [1.82, 2.24) is 0 Å². The highest BCUT2D eigenvalue weighted by Gasteiger charge is 1.93. The number of halogens is 1. The van der Waals surface area contributed by atoms with Gasteiger partial charge in [0.2, 0.25) is 0 Å². The molecular weight excluding hydrogens is 234 g/mol. The molecule has 0 spiro atoms. The Morgan fingerprint density at radius 1 is 1.42 bits per heavy atom. The summed E-state index contributed by atoms with van der Waals surface area (Å²) in [4.78, 5) is 0.873. The van der Waals surface area contributed by atoms with Crippen LogP contribution in [0.4, 0.5) is 5.69 Å². The molecule has 0 bridgehead atoms. The Kier molecular flexibility index (Phi) is 3.69. The third kappa shape index (κ3) is 2.91. The molecule has 0 aliphatic heterocycles. The highest BCUT2D eigenvalue weighted by Crippen LogP contribution is 2.14. The minimum absolute atomic E-state index is 0.873. The van der Waals surface area contributed by atoms with Gasteiger partial charge < -0.3 is 5.32 Å². The largest absolute Gasteiger partial charge is 0.350 e. The van der Waals surface area contributed by atoms with E-state index in [0.717, 1.165) is 21.6 Å². The summed E-state index contributed by atoms with van der Waals surface area (Å²) in [6.07, 6.45) is 0.880. The lowest BCUT2D eigenvalue weighted by Gasteiger charge is -2.04. The molecule has 0 unspecified atom stereocenters. The fraction of sp³-hybridized carbons (Fsp3) is 0.222. The summed E-state index contributed by atoms with van der Waals surface area (Å²) in [5, 5.41) is 3.13. The van der Waals surface area contributed by atoms with Gasteiger partial charge in [0, 0.05) is 10.2 Å². The van der Waals surface area contributed by atoms with Crippen molar-refractivity contribution in [3.8, 4) is 0 Å². The first-order chi connectivity index (χ1) is 5.72. The van der Waals surface area contributed by atoms with E-state index >= 15 is 0 Å².